The van der Waals surface area contributed by atoms with Gasteiger partial charge in [-0.25, -0.2) is 9.97 Å². The molecule has 1 saturated heterocycles. The number of hydrogen-bond donors (Lipinski definition) is 5. The first kappa shape index (κ1) is 59.6. The molecule has 0 saturated carbocycles. The van der Waals surface area contributed by atoms with Gasteiger partial charge in [-0.3, -0.25) is 19.2 Å². The lowest BCUT2D eigenvalue weighted by molar-refractivity contribution is -0.156. The smallest absolute Gasteiger partial charge is 0.309 e. The summed E-state index contributed by atoms with van der Waals surface area (Å²) in [6.45, 7) is 21.3. The number of Topliss-reactive ketones (excluding diaryl/α,β-unsaturated/α-hetero) is 2. The van der Waals surface area contributed by atoms with Crippen LogP contribution < -0.4 is 0 Å². The highest BCUT2D eigenvalue weighted by atomic mass is 127. The summed E-state index contributed by atoms with van der Waals surface area (Å²) in [6.07, 6.45) is 6.81. The Morgan fingerprint density at radius 1 is 0.676 bits per heavy atom. The Morgan fingerprint density at radius 3 is 1.54 bits per heavy atom. The average Bonchev–Trinajstić information content (AvgIpc) is 3.89. The summed E-state index contributed by atoms with van der Waals surface area (Å²) < 4.78 is 11.4. The van der Waals surface area contributed by atoms with Crippen molar-refractivity contribution in [2.24, 2.45) is 34.5 Å². The predicted octanol–water partition coefficient (Wildman–Crippen LogP) is 9.36. The van der Waals surface area contributed by atoms with Crippen molar-refractivity contribution in [2.45, 2.75) is 194 Å². The van der Waals surface area contributed by atoms with Gasteiger partial charge in [-0.1, -0.05) is 96.6 Å². The molecule has 0 amide bonds. The van der Waals surface area contributed by atoms with Crippen LogP contribution in [0.5, 0.6) is 0 Å². The Morgan fingerprint density at radius 2 is 1.10 bits per heavy atom. The van der Waals surface area contributed by atoms with Crippen molar-refractivity contribution in [1.29, 1.82) is 0 Å². The largest absolute Gasteiger partial charge is 0.458 e. The topological polar surface area (TPSA) is 214 Å². The van der Waals surface area contributed by atoms with Crippen molar-refractivity contribution in [3.63, 3.8) is 0 Å². The van der Waals surface area contributed by atoms with Crippen molar-refractivity contribution in [3.05, 3.63) is 55.5 Å². The molecule has 2 unspecified atom stereocenters. The first-order chi connectivity index (χ1) is 31.7. The van der Waals surface area contributed by atoms with Gasteiger partial charge in [-0.2, -0.15) is 0 Å². The van der Waals surface area contributed by atoms with Crippen molar-refractivity contribution in [1.82, 2.24) is 9.97 Å². The third-order valence-electron chi connectivity index (χ3n) is 13.8. The lowest BCUT2D eigenvalue weighted by atomic mass is 9.73. The molecule has 16 heteroatoms. The van der Waals surface area contributed by atoms with Crippen molar-refractivity contribution in [3.8, 4) is 0 Å². The van der Waals surface area contributed by atoms with Gasteiger partial charge >= 0.3 is 11.9 Å². The Kier molecular flexibility index (Phi) is 23.8. The summed E-state index contributed by atoms with van der Waals surface area (Å²) in [4.78, 5) is 60.8. The number of nitrogens with zero attached hydrogens (tertiary/aromatic N) is 2. The molecule has 13 nitrogen and oxygen atoms in total. The average molecular weight is 1100 g/mol. The molecule has 2 aliphatic rings. The molecular formula is C52H79IN2O11S2. The summed E-state index contributed by atoms with van der Waals surface area (Å²) in [7, 11) is 0. The van der Waals surface area contributed by atoms with Crippen LogP contribution >= 0.6 is 45.3 Å². The molecule has 0 aromatic carbocycles. The number of aliphatic hydroxyl groups is 5. The lowest BCUT2D eigenvalue weighted by Crippen LogP contribution is -2.45. The van der Waals surface area contributed by atoms with Gasteiger partial charge < -0.3 is 35.0 Å². The molecule has 12 atom stereocenters. The fraction of sp³-hybridized carbons (Fsp3) is 0.692. The number of cyclic esters (lactones) is 2. The number of carbonyl (C=O) groups excluding carboxylic acids is 4. The number of carbonyl (C=O) groups is 4. The Hall–Kier alpha value is -2.71. The number of ether oxygens (including phenoxy) is 2. The molecule has 5 N–H and O–H groups in total. The van der Waals surface area contributed by atoms with Crippen LogP contribution in [-0.4, -0.2) is 106 Å². The second-order valence-electron chi connectivity index (χ2n) is 20.3. The van der Waals surface area contributed by atoms with E-state index < -0.39 is 77.3 Å². The molecule has 68 heavy (non-hydrogen) atoms. The highest BCUT2D eigenvalue weighted by Crippen LogP contribution is 2.35. The summed E-state index contributed by atoms with van der Waals surface area (Å²) >= 11 is 5.29. The van der Waals surface area contributed by atoms with Crippen LogP contribution in [-0.2, 0) is 28.7 Å². The van der Waals surface area contributed by atoms with E-state index in [1.165, 1.54) is 11.3 Å². The van der Waals surface area contributed by atoms with Gasteiger partial charge in [-0.15, -0.1) is 22.7 Å². The van der Waals surface area contributed by atoms with E-state index in [0.717, 1.165) is 51.8 Å². The Bertz CT molecular complexity index is 2060. The van der Waals surface area contributed by atoms with Crippen LogP contribution in [0.2, 0.25) is 0 Å². The Balaban J connectivity index is 0.000000361. The minimum Gasteiger partial charge on any atom is -0.458 e. The van der Waals surface area contributed by atoms with Crippen LogP contribution in [0.25, 0.3) is 12.2 Å². The first-order valence-corrected chi connectivity index (χ1v) is 27.0. The molecule has 0 aliphatic carbocycles. The summed E-state index contributed by atoms with van der Waals surface area (Å²) in [5.41, 5.74) is 0.872. The van der Waals surface area contributed by atoms with Gasteiger partial charge in [0.05, 0.1) is 75.6 Å². The van der Waals surface area contributed by atoms with E-state index in [1.54, 1.807) is 52.9 Å². The number of hydrogen-bond acceptors (Lipinski definition) is 15. The number of ketones is 2. The van der Waals surface area contributed by atoms with E-state index in [4.69, 9.17) is 9.47 Å². The predicted molar refractivity (Wildman–Crippen MR) is 278 cm³/mol. The van der Waals surface area contributed by atoms with E-state index >= 15 is 0 Å². The molecule has 2 aliphatic heterocycles. The van der Waals surface area contributed by atoms with Crippen LogP contribution in [0.4, 0.5) is 0 Å². The zero-order chi connectivity index (χ0) is 51.3. The zero-order valence-corrected chi connectivity index (χ0v) is 46.0. The highest BCUT2D eigenvalue weighted by Gasteiger charge is 2.44. The third kappa shape index (κ3) is 17.5. The van der Waals surface area contributed by atoms with Crippen LogP contribution in [0, 0.1) is 48.3 Å². The van der Waals surface area contributed by atoms with Gasteiger partial charge in [0.25, 0.3) is 0 Å². The van der Waals surface area contributed by atoms with Crippen molar-refractivity contribution < 1.29 is 54.2 Å². The second-order valence-corrected chi connectivity index (χ2v) is 24.1. The maximum Gasteiger partial charge on any atom is 0.309 e. The number of alkyl halides is 1. The number of aryl methyl sites for hydroxylation is 2. The summed E-state index contributed by atoms with van der Waals surface area (Å²) in [5, 5.41) is 59.6. The van der Waals surface area contributed by atoms with Crippen molar-refractivity contribution >= 4 is 80.9 Å². The number of halogens is 1. The molecule has 4 heterocycles. The van der Waals surface area contributed by atoms with E-state index in [1.807, 2.05) is 70.5 Å². The fourth-order valence-electron chi connectivity index (χ4n) is 8.66. The SMILES string of the molecule is C/C(=C\c1csc(C)n1)[C@@H]1C/C=C\CCCC(C)[C@H](O)[C@@H](C)C(=O)C(C)(C)[C@@H](O)CC(=O)O1.C/C(=C\c1csc(C)n1)[C@@H]1C[C@@H](I)[C@H](O)CCCC(C)[C@H](O)[C@@H](C)C(=O)C(C)(C)[C@@H](O)CC(=O)O1. The van der Waals surface area contributed by atoms with Gasteiger partial charge in [-0.05, 0) is 94.9 Å². The normalized spacial score (nSPS) is 33.1. The van der Waals surface area contributed by atoms with E-state index in [9.17, 15) is 44.7 Å². The van der Waals surface area contributed by atoms with E-state index in [0.29, 0.717) is 32.1 Å². The third-order valence-corrected chi connectivity index (χ3v) is 16.7. The molecule has 0 bridgehead atoms. The molecule has 2 aromatic heterocycles. The number of thiazole rings is 2. The van der Waals surface area contributed by atoms with Gasteiger partial charge in [0.2, 0.25) is 0 Å². The maximum absolute atomic E-state index is 13.2. The van der Waals surface area contributed by atoms with Gasteiger partial charge in [0, 0.05) is 39.4 Å². The minimum atomic E-state index is -1.26. The zero-order valence-electron chi connectivity index (χ0n) is 42.2. The first-order valence-electron chi connectivity index (χ1n) is 24.0. The number of esters is 2. The number of rotatable bonds is 4. The number of aliphatic hydroxyl groups excluding tert-OH is 5. The monoisotopic (exact) mass is 1100 g/mol. The summed E-state index contributed by atoms with van der Waals surface area (Å²) in [5.74, 6) is -3.22. The second kappa shape index (κ2) is 27.2. The number of aromatic nitrogens is 2. The molecule has 2 aromatic rings. The molecule has 1 fully saturated rings. The molecule has 0 radical (unpaired) electrons. The minimum absolute atomic E-state index is 0.0392. The Labute approximate surface area is 426 Å². The molecule has 4 rings (SSSR count). The van der Waals surface area contributed by atoms with E-state index in [-0.39, 0.29) is 40.2 Å². The van der Waals surface area contributed by atoms with Crippen LogP contribution in [0.15, 0.2) is 34.1 Å². The van der Waals surface area contributed by atoms with Crippen molar-refractivity contribution in [2.75, 3.05) is 0 Å². The van der Waals surface area contributed by atoms with Crippen LogP contribution in [0.3, 0.4) is 0 Å². The molecular weight excluding hydrogens is 1020 g/mol. The lowest BCUT2D eigenvalue weighted by Gasteiger charge is -2.35. The number of allylic oxidation sites excluding steroid dienone is 1. The highest BCUT2D eigenvalue weighted by molar-refractivity contribution is 14.1. The quantitative estimate of drug-likeness (QED) is 0.0837. The van der Waals surface area contributed by atoms with Gasteiger partial charge in [0.15, 0.2) is 0 Å². The fourth-order valence-corrected chi connectivity index (χ4v) is 10.6. The maximum atomic E-state index is 13.2. The molecule has 382 valence electrons. The standard InChI is InChI=1S/C26H40INO6S.C26H39NO5S/c1-14-8-7-9-20(29)19(27)11-21(15(2)10-18-13-35-17(4)28-18)34-23(31)12-22(30)26(5,6)25(33)16(3)24(14)32;1-16-11-9-7-8-10-12-21(17(2)13-20-15-33-19(4)27-20)32-23(29)14-22(28)26(5,6)25(31)18(3)24(16)30/h10,13-14,16,19-22,24,29-30,32H,7-9,11-12H2,1-6H3;8,10,13,15-16,18,21-22,24,28,30H,7,9,11-12,14H2,1-6H3/b15-10+;10-8-,17-13+/t14?,16-,19-,20-,21+,22+,24+;16?,18-,21+,22+,24+/m11/s1. The van der Waals surface area contributed by atoms with E-state index in [2.05, 4.69) is 38.6 Å². The summed E-state index contributed by atoms with van der Waals surface area (Å²) in [6, 6.07) is 0. The van der Waals surface area contributed by atoms with Gasteiger partial charge in [0.1, 0.15) is 23.8 Å². The van der Waals surface area contributed by atoms with Crippen LogP contribution in [0.1, 0.15) is 155 Å². The molecule has 0 spiro atoms.